The molecular weight excluding hydrogens is 176 g/mol. The molecule has 68 valence electrons. The molecule has 0 fully saturated rings. The molecule has 0 amide bonds. The van der Waals surface area contributed by atoms with Crippen molar-refractivity contribution in [1.29, 1.82) is 0 Å². The summed E-state index contributed by atoms with van der Waals surface area (Å²) in [4.78, 5) is 14.2. The monoisotopic (exact) mass is 182 g/mol. The fourth-order valence-electron chi connectivity index (χ4n) is 0.813. The molecule has 0 aliphatic carbocycles. The van der Waals surface area contributed by atoms with Gasteiger partial charge in [0.25, 0.3) is 5.09 Å². The summed E-state index contributed by atoms with van der Waals surface area (Å²) in [7, 11) is 0. The third kappa shape index (κ3) is 2.44. The molecule has 0 heterocycles. The van der Waals surface area contributed by atoms with Crippen molar-refractivity contribution >= 4 is 6.21 Å². The van der Waals surface area contributed by atoms with Crippen LogP contribution in [-0.4, -0.2) is 16.5 Å². The molecular formula is C7H6N2O4. The minimum atomic E-state index is -0.927. The van der Waals surface area contributed by atoms with Crippen LogP contribution in [0, 0.1) is 10.1 Å². The molecule has 1 aromatic carbocycles. The van der Waals surface area contributed by atoms with E-state index in [1.165, 1.54) is 12.1 Å². The first-order valence-corrected chi connectivity index (χ1v) is 3.33. The van der Waals surface area contributed by atoms with Gasteiger partial charge in [0, 0.05) is 5.56 Å². The molecule has 0 saturated heterocycles. The van der Waals surface area contributed by atoms with Gasteiger partial charge in [0.2, 0.25) is 0 Å². The number of hydrogen-bond donors (Lipinski definition) is 1. The first-order chi connectivity index (χ1) is 6.24. The second kappa shape index (κ2) is 4.05. The molecule has 0 saturated carbocycles. The van der Waals surface area contributed by atoms with E-state index in [9.17, 15) is 10.1 Å². The SMILES string of the molecule is O=[N+]([O-])Oc1ccccc1C=NO. The molecule has 0 unspecified atom stereocenters. The van der Waals surface area contributed by atoms with E-state index in [0.717, 1.165) is 6.21 Å². The topological polar surface area (TPSA) is 85.0 Å². The zero-order valence-corrected chi connectivity index (χ0v) is 6.45. The van der Waals surface area contributed by atoms with Gasteiger partial charge in [0.1, 0.15) is 5.75 Å². The number of benzene rings is 1. The zero-order valence-electron chi connectivity index (χ0n) is 6.45. The Morgan fingerprint density at radius 1 is 1.54 bits per heavy atom. The first-order valence-electron chi connectivity index (χ1n) is 3.33. The first kappa shape index (κ1) is 8.98. The second-order valence-corrected chi connectivity index (χ2v) is 2.10. The van der Waals surface area contributed by atoms with Gasteiger partial charge in [0.05, 0.1) is 6.21 Å². The summed E-state index contributed by atoms with van der Waals surface area (Å²) in [6.45, 7) is 0. The molecule has 1 N–H and O–H groups in total. The van der Waals surface area contributed by atoms with Gasteiger partial charge in [-0.15, -0.1) is 10.1 Å². The van der Waals surface area contributed by atoms with E-state index in [2.05, 4.69) is 9.99 Å². The minimum Gasteiger partial charge on any atom is -0.411 e. The standard InChI is InChI=1S/C7H6N2O4/c10-8-5-6-3-1-2-4-7(6)13-9(11)12/h1-5,10H. The van der Waals surface area contributed by atoms with E-state index in [0.29, 0.717) is 5.56 Å². The summed E-state index contributed by atoms with van der Waals surface area (Å²) in [5, 5.41) is 20.0. The van der Waals surface area contributed by atoms with E-state index < -0.39 is 5.09 Å². The lowest BCUT2D eigenvalue weighted by Crippen LogP contribution is -2.05. The lowest BCUT2D eigenvalue weighted by Gasteiger charge is -2.00. The van der Waals surface area contributed by atoms with E-state index >= 15 is 0 Å². The van der Waals surface area contributed by atoms with Gasteiger partial charge in [-0.2, -0.15) is 0 Å². The van der Waals surface area contributed by atoms with Crippen LogP contribution in [0.2, 0.25) is 0 Å². The Hall–Kier alpha value is -2.11. The number of hydrogen-bond acceptors (Lipinski definition) is 5. The Balaban J connectivity index is 2.97. The van der Waals surface area contributed by atoms with Gasteiger partial charge < -0.3 is 5.21 Å². The molecule has 0 spiro atoms. The normalized spacial score (nSPS) is 10.2. The summed E-state index contributed by atoms with van der Waals surface area (Å²) in [6, 6.07) is 6.15. The van der Waals surface area contributed by atoms with Crippen LogP contribution in [0.15, 0.2) is 29.4 Å². The lowest BCUT2D eigenvalue weighted by atomic mass is 10.2. The van der Waals surface area contributed by atoms with Crippen molar-refractivity contribution in [3.8, 4) is 5.75 Å². The van der Waals surface area contributed by atoms with Gasteiger partial charge >= 0.3 is 0 Å². The maximum absolute atomic E-state index is 10.0. The van der Waals surface area contributed by atoms with Crippen LogP contribution in [0.4, 0.5) is 0 Å². The Morgan fingerprint density at radius 3 is 2.85 bits per heavy atom. The van der Waals surface area contributed by atoms with Crippen molar-refractivity contribution in [1.82, 2.24) is 0 Å². The van der Waals surface area contributed by atoms with E-state index in [-0.39, 0.29) is 5.75 Å². The molecule has 0 radical (unpaired) electrons. The summed E-state index contributed by atoms with van der Waals surface area (Å²) < 4.78 is 0. The van der Waals surface area contributed by atoms with Gasteiger partial charge in [-0.25, -0.2) is 0 Å². The molecule has 1 rings (SSSR count). The quantitative estimate of drug-likeness (QED) is 0.328. The molecule has 0 aromatic heterocycles. The fourth-order valence-corrected chi connectivity index (χ4v) is 0.813. The van der Waals surface area contributed by atoms with Gasteiger partial charge in [-0.3, -0.25) is 4.84 Å². The summed E-state index contributed by atoms with van der Waals surface area (Å²) in [5.74, 6) is 0.0327. The maximum atomic E-state index is 10.0. The van der Waals surface area contributed by atoms with Crippen LogP contribution in [0.3, 0.4) is 0 Å². The lowest BCUT2D eigenvalue weighted by molar-refractivity contribution is -0.711. The van der Waals surface area contributed by atoms with Crippen LogP contribution in [0.1, 0.15) is 5.56 Å². The van der Waals surface area contributed by atoms with Gasteiger partial charge in [-0.1, -0.05) is 23.4 Å². The zero-order chi connectivity index (χ0) is 9.68. The molecule has 6 heteroatoms. The molecule has 0 aliphatic rings. The van der Waals surface area contributed by atoms with Crippen LogP contribution in [0.25, 0.3) is 0 Å². The maximum Gasteiger partial charge on any atom is 0.299 e. The van der Waals surface area contributed by atoms with E-state index in [1.54, 1.807) is 12.1 Å². The number of para-hydroxylation sites is 1. The smallest absolute Gasteiger partial charge is 0.299 e. The molecule has 1 aromatic rings. The summed E-state index contributed by atoms with van der Waals surface area (Å²) >= 11 is 0. The van der Waals surface area contributed by atoms with Crippen molar-refractivity contribution in [3.63, 3.8) is 0 Å². The third-order valence-electron chi connectivity index (χ3n) is 1.29. The van der Waals surface area contributed by atoms with Crippen molar-refractivity contribution in [2.24, 2.45) is 5.16 Å². The van der Waals surface area contributed by atoms with Crippen LogP contribution >= 0.6 is 0 Å². The number of rotatable bonds is 3. The van der Waals surface area contributed by atoms with Crippen LogP contribution in [0.5, 0.6) is 5.75 Å². The Morgan fingerprint density at radius 2 is 2.23 bits per heavy atom. The highest BCUT2D eigenvalue weighted by atomic mass is 17.0. The molecule has 0 bridgehead atoms. The third-order valence-corrected chi connectivity index (χ3v) is 1.29. The van der Waals surface area contributed by atoms with E-state index in [4.69, 9.17) is 5.21 Å². The number of oxime groups is 1. The van der Waals surface area contributed by atoms with Crippen molar-refractivity contribution < 1.29 is 15.1 Å². The van der Waals surface area contributed by atoms with Crippen molar-refractivity contribution in [3.05, 3.63) is 39.9 Å². The predicted octanol–water partition coefficient (Wildman–Crippen LogP) is 1.07. The average molecular weight is 182 g/mol. The minimum absolute atomic E-state index is 0.0327. The highest BCUT2D eigenvalue weighted by Crippen LogP contribution is 2.15. The Kier molecular flexibility index (Phi) is 2.80. The Labute approximate surface area is 73.2 Å². The second-order valence-electron chi connectivity index (χ2n) is 2.10. The van der Waals surface area contributed by atoms with Crippen molar-refractivity contribution in [2.75, 3.05) is 0 Å². The predicted molar refractivity (Wildman–Crippen MR) is 43.4 cm³/mol. The molecule has 6 nitrogen and oxygen atoms in total. The molecule has 13 heavy (non-hydrogen) atoms. The highest BCUT2D eigenvalue weighted by molar-refractivity contribution is 5.82. The summed E-state index contributed by atoms with van der Waals surface area (Å²) in [5.41, 5.74) is 0.335. The largest absolute Gasteiger partial charge is 0.411 e. The van der Waals surface area contributed by atoms with Crippen molar-refractivity contribution in [2.45, 2.75) is 0 Å². The highest BCUT2D eigenvalue weighted by Gasteiger charge is 2.03. The molecule has 0 atom stereocenters. The van der Waals surface area contributed by atoms with Crippen LogP contribution in [-0.2, 0) is 0 Å². The van der Waals surface area contributed by atoms with Gasteiger partial charge in [0.15, 0.2) is 0 Å². The fraction of sp³-hybridized carbons (Fsp3) is 0. The number of nitrogens with zero attached hydrogens (tertiary/aromatic N) is 2. The van der Waals surface area contributed by atoms with Gasteiger partial charge in [-0.05, 0) is 6.07 Å². The molecule has 0 aliphatic heterocycles. The average Bonchev–Trinajstić information content (AvgIpc) is 2.08. The van der Waals surface area contributed by atoms with Crippen LogP contribution < -0.4 is 4.84 Å². The Bertz CT molecular complexity index is 337. The van der Waals surface area contributed by atoms with E-state index in [1.807, 2.05) is 0 Å². The summed E-state index contributed by atoms with van der Waals surface area (Å²) in [6.07, 6.45) is 1.05.